The van der Waals surface area contributed by atoms with Gasteiger partial charge in [0.2, 0.25) is 0 Å². The highest BCUT2D eigenvalue weighted by molar-refractivity contribution is 7.18. The summed E-state index contributed by atoms with van der Waals surface area (Å²) >= 11 is 6.55. The van der Waals surface area contributed by atoms with Crippen molar-refractivity contribution in [1.82, 2.24) is 5.32 Å². The van der Waals surface area contributed by atoms with Gasteiger partial charge in [-0.05, 0) is 24.1 Å². The number of carbonyl (C=O) groups excluding carboxylic acids is 1. The Morgan fingerprint density at radius 2 is 2.05 bits per heavy atom. The second-order valence-electron chi connectivity index (χ2n) is 4.16. The third-order valence-corrected chi connectivity index (χ3v) is 4.04. The van der Waals surface area contributed by atoms with E-state index in [0.717, 1.165) is 23.0 Å². The molecule has 2 rings (SSSR count). The second kappa shape index (κ2) is 6.64. The minimum absolute atomic E-state index is 0.0244. The third kappa shape index (κ3) is 3.99. The highest BCUT2D eigenvalue weighted by atomic mass is 35.5. The number of hydrogen-bond donors (Lipinski definition) is 1. The Bertz CT molecular complexity index is 673. The zero-order chi connectivity index (χ0) is 15.4. The average Bonchev–Trinajstić information content (AvgIpc) is 2.83. The molecule has 0 aliphatic heterocycles. The zero-order valence-electron chi connectivity index (χ0n) is 10.6. The van der Waals surface area contributed by atoms with E-state index in [1.165, 1.54) is 12.1 Å². The molecule has 0 saturated heterocycles. The van der Waals surface area contributed by atoms with E-state index in [2.05, 4.69) is 5.32 Å². The molecule has 0 saturated carbocycles. The van der Waals surface area contributed by atoms with Crippen molar-refractivity contribution in [2.24, 2.45) is 0 Å². The molecule has 1 heterocycles. The maximum absolute atomic E-state index is 12.7. The van der Waals surface area contributed by atoms with Gasteiger partial charge in [0.05, 0.1) is 4.92 Å². The van der Waals surface area contributed by atoms with Crippen LogP contribution < -0.4 is 5.32 Å². The summed E-state index contributed by atoms with van der Waals surface area (Å²) in [6, 6.07) is 7.11. The molecule has 2 aromatic rings. The predicted octanol–water partition coefficient (Wildman–Crippen LogP) is 3.42. The van der Waals surface area contributed by atoms with Gasteiger partial charge >= 0.3 is 0 Å². The van der Waals surface area contributed by atoms with E-state index in [1.54, 1.807) is 12.1 Å². The van der Waals surface area contributed by atoms with Crippen LogP contribution in [0.25, 0.3) is 0 Å². The standard InChI is InChI=1S/C13H10ClFN2O3S/c14-12-10(17(19)20)7-11(21-12)13(18)16-6-5-8-1-3-9(15)4-2-8/h1-4,7H,5-6H2,(H,16,18). The molecule has 0 fully saturated rings. The lowest BCUT2D eigenvalue weighted by atomic mass is 10.1. The van der Waals surface area contributed by atoms with Crippen LogP contribution in [-0.4, -0.2) is 17.4 Å². The summed E-state index contributed by atoms with van der Waals surface area (Å²) in [5.41, 5.74) is 0.609. The van der Waals surface area contributed by atoms with Crippen molar-refractivity contribution in [3.8, 4) is 0 Å². The van der Waals surface area contributed by atoms with E-state index in [-0.39, 0.29) is 20.7 Å². The van der Waals surface area contributed by atoms with E-state index in [1.807, 2.05) is 0 Å². The molecule has 8 heteroatoms. The fourth-order valence-corrected chi connectivity index (χ4v) is 2.79. The predicted molar refractivity (Wildman–Crippen MR) is 78.4 cm³/mol. The van der Waals surface area contributed by atoms with Gasteiger partial charge in [-0.1, -0.05) is 23.7 Å². The minimum Gasteiger partial charge on any atom is -0.351 e. The molecule has 110 valence electrons. The fraction of sp³-hybridized carbons (Fsp3) is 0.154. The summed E-state index contributed by atoms with van der Waals surface area (Å²) in [4.78, 5) is 22.0. The van der Waals surface area contributed by atoms with Gasteiger partial charge in [-0.3, -0.25) is 14.9 Å². The number of halogens is 2. The number of amides is 1. The summed E-state index contributed by atoms with van der Waals surface area (Å²) in [6.45, 7) is 0.341. The topological polar surface area (TPSA) is 72.2 Å². The molecule has 0 atom stereocenters. The molecular formula is C13H10ClFN2O3S. The largest absolute Gasteiger partial charge is 0.351 e. The van der Waals surface area contributed by atoms with Gasteiger partial charge in [0, 0.05) is 12.6 Å². The Labute approximate surface area is 128 Å². The van der Waals surface area contributed by atoms with Gasteiger partial charge in [-0.15, -0.1) is 11.3 Å². The van der Waals surface area contributed by atoms with Crippen LogP contribution in [0.5, 0.6) is 0 Å². The third-order valence-electron chi connectivity index (χ3n) is 2.70. The van der Waals surface area contributed by atoms with Crippen molar-refractivity contribution in [1.29, 1.82) is 0 Å². The monoisotopic (exact) mass is 328 g/mol. The molecule has 0 radical (unpaired) electrons. The Hall–Kier alpha value is -1.99. The number of thiophene rings is 1. The van der Waals surface area contributed by atoms with Crippen molar-refractivity contribution in [3.05, 3.63) is 61.0 Å². The van der Waals surface area contributed by atoms with Gasteiger partial charge in [0.25, 0.3) is 11.6 Å². The molecule has 21 heavy (non-hydrogen) atoms. The van der Waals surface area contributed by atoms with Crippen LogP contribution in [0, 0.1) is 15.9 Å². The maximum atomic E-state index is 12.7. The molecular weight excluding hydrogens is 319 g/mol. The number of hydrogen-bond acceptors (Lipinski definition) is 4. The van der Waals surface area contributed by atoms with E-state index < -0.39 is 10.8 Å². The fourth-order valence-electron chi connectivity index (χ4n) is 1.65. The lowest BCUT2D eigenvalue weighted by Gasteiger charge is -2.03. The molecule has 0 bridgehead atoms. The van der Waals surface area contributed by atoms with E-state index in [9.17, 15) is 19.3 Å². The molecule has 0 aliphatic rings. The maximum Gasteiger partial charge on any atom is 0.299 e. The Morgan fingerprint density at radius 3 is 2.62 bits per heavy atom. The molecule has 0 unspecified atom stereocenters. The van der Waals surface area contributed by atoms with Crippen LogP contribution in [0.4, 0.5) is 10.1 Å². The smallest absolute Gasteiger partial charge is 0.299 e. The summed E-state index contributed by atoms with van der Waals surface area (Å²) in [5.74, 6) is -0.736. The molecule has 1 amide bonds. The molecule has 1 aromatic heterocycles. The van der Waals surface area contributed by atoms with Crippen molar-refractivity contribution < 1.29 is 14.1 Å². The van der Waals surface area contributed by atoms with Crippen molar-refractivity contribution in [2.75, 3.05) is 6.54 Å². The lowest BCUT2D eigenvalue weighted by molar-refractivity contribution is -0.384. The first kappa shape index (κ1) is 15.4. The number of benzene rings is 1. The second-order valence-corrected chi connectivity index (χ2v) is 5.81. The summed E-state index contributed by atoms with van der Waals surface area (Å²) in [5, 5.41) is 13.3. The van der Waals surface area contributed by atoms with Gasteiger partial charge in [-0.2, -0.15) is 0 Å². The zero-order valence-corrected chi connectivity index (χ0v) is 12.2. The minimum atomic E-state index is -0.631. The Morgan fingerprint density at radius 1 is 1.38 bits per heavy atom. The van der Waals surface area contributed by atoms with Crippen molar-refractivity contribution in [2.45, 2.75) is 6.42 Å². The van der Waals surface area contributed by atoms with E-state index >= 15 is 0 Å². The molecule has 1 aromatic carbocycles. The highest BCUT2D eigenvalue weighted by Gasteiger charge is 2.20. The van der Waals surface area contributed by atoms with Crippen molar-refractivity contribution in [3.63, 3.8) is 0 Å². The van der Waals surface area contributed by atoms with Gasteiger partial charge in [-0.25, -0.2) is 4.39 Å². The van der Waals surface area contributed by atoms with Gasteiger partial charge < -0.3 is 5.32 Å². The van der Waals surface area contributed by atoms with Crippen LogP contribution in [0.2, 0.25) is 4.34 Å². The quantitative estimate of drug-likeness (QED) is 0.675. The number of rotatable bonds is 5. The van der Waals surface area contributed by atoms with Gasteiger partial charge in [0.1, 0.15) is 10.7 Å². The summed E-state index contributed by atoms with van der Waals surface area (Å²) < 4.78 is 12.7. The molecule has 5 nitrogen and oxygen atoms in total. The lowest BCUT2D eigenvalue weighted by Crippen LogP contribution is -2.24. The first-order valence-electron chi connectivity index (χ1n) is 5.93. The van der Waals surface area contributed by atoms with Crippen LogP contribution >= 0.6 is 22.9 Å². The van der Waals surface area contributed by atoms with Gasteiger partial charge in [0.15, 0.2) is 4.34 Å². The molecule has 0 spiro atoms. The average molecular weight is 329 g/mol. The SMILES string of the molecule is O=C(NCCc1ccc(F)cc1)c1cc([N+](=O)[O-])c(Cl)s1. The molecule has 1 N–H and O–H groups in total. The van der Waals surface area contributed by atoms with Crippen LogP contribution in [0.15, 0.2) is 30.3 Å². The molecule has 0 aliphatic carbocycles. The number of nitrogens with zero attached hydrogens (tertiary/aromatic N) is 1. The Kier molecular flexibility index (Phi) is 4.87. The van der Waals surface area contributed by atoms with Crippen molar-refractivity contribution >= 4 is 34.5 Å². The normalized spacial score (nSPS) is 10.4. The Balaban J connectivity index is 1.91. The van der Waals surface area contributed by atoms with E-state index in [0.29, 0.717) is 13.0 Å². The van der Waals surface area contributed by atoms with Crippen LogP contribution in [0.1, 0.15) is 15.2 Å². The highest BCUT2D eigenvalue weighted by Crippen LogP contribution is 2.33. The first-order valence-corrected chi connectivity index (χ1v) is 7.13. The van der Waals surface area contributed by atoms with Crippen LogP contribution in [-0.2, 0) is 6.42 Å². The van der Waals surface area contributed by atoms with E-state index in [4.69, 9.17) is 11.6 Å². The summed E-state index contributed by atoms with van der Waals surface area (Å²) in [7, 11) is 0. The number of nitrogens with one attached hydrogen (secondary N) is 1. The number of carbonyl (C=O) groups is 1. The first-order chi connectivity index (χ1) is 9.97. The van der Waals surface area contributed by atoms with Crippen LogP contribution in [0.3, 0.4) is 0 Å². The number of nitro groups is 1. The summed E-state index contributed by atoms with van der Waals surface area (Å²) in [6.07, 6.45) is 0.535.